The van der Waals surface area contributed by atoms with E-state index in [1.54, 1.807) is 28.1 Å². The van der Waals surface area contributed by atoms with Gasteiger partial charge in [-0.25, -0.2) is 0 Å². The molecule has 2 N–H and O–H groups in total. The zero-order valence-corrected chi connectivity index (χ0v) is 11.9. The quantitative estimate of drug-likeness (QED) is 0.761. The van der Waals surface area contributed by atoms with Crippen LogP contribution in [0, 0.1) is 0 Å². The van der Waals surface area contributed by atoms with Gasteiger partial charge in [0.1, 0.15) is 6.04 Å². The molecule has 1 aromatic heterocycles. The molecule has 0 saturated heterocycles. The van der Waals surface area contributed by atoms with Gasteiger partial charge in [-0.15, -0.1) is 0 Å². The first kappa shape index (κ1) is 14.9. The molecule has 1 heterocycles. The molecule has 19 heavy (non-hydrogen) atoms. The van der Waals surface area contributed by atoms with Gasteiger partial charge in [0, 0.05) is 21.1 Å². The summed E-state index contributed by atoms with van der Waals surface area (Å²) in [5, 5.41) is 5.74. The number of aromatic nitrogens is 3. The zero-order chi connectivity index (χ0) is 14.4. The smallest absolute Gasteiger partial charge is 0.323 e. The molecule has 106 valence electrons. The second-order valence-corrected chi connectivity index (χ2v) is 4.05. The first-order chi connectivity index (χ1) is 8.97. The molecule has 0 fully saturated rings. The lowest BCUT2D eigenvalue weighted by atomic mass is 10.3. The normalized spacial score (nSPS) is 11.6. The number of nitrogens with one attached hydrogen (secondary N) is 2. The molecule has 8 nitrogen and oxygen atoms in total. The van der Waals surface area contributed by atoms with Crippen LogP contribution < -0.4 is 15.4 Å². The first-order valence-corrected chi connectivity index (χ1v) is 6.02. The summed E-state index contributed by atoms with van der Waals surface area (Å²) in [5.74, 6) is 0.611. The number of hydrogen-bond acceptors (Lipinski definition) is 7. The van der Waals surface area contributed by atoms with Crippen LogP contribution in [0.3, 0.4) is 0 Å². The van der Waals surface area contributed by atoms with Crippen LogP contribution in [0.2, 0.25) is 0 Å². The van der Waals surface area contributed by atoms with Gasteiger partial charge in [-0.1, -0.05) is 0 Å². The third kappa shape index (κ3) is 4.23. The van der Waals surface area contributed by atoms with Crippen LogP contribution in [0.5, 0.6) is 6.01 Å². The van der Waals surface area contributed by atoms with Crippen LogP contribution in [0.1, 0.15) is 13.8 Å². The van der Waals surface area contributed by atoms with Gasteiger partial charge in [0.25, 0.3) is 0 Å². The molecule has 1 amide bonds. The van der Waals surface area contributed by atoms with Gasteiger partial charge in [0.2, 0.25) is 17.8 Å². The number of rotatable bonds is 6. The number of anilines is 2. The van der Waals surface area contributed by atoms with Gasteiger partial charge < -0.3 is 20.3 Å². The molecule has 0 aliphatic carbocycles. The van der Waals surface area contributed by atoms with Crippen LogP contribution in [0.15, 0.2) is 0 Å². The van der Waals surface area contributed by atoms with Crippen LogP contribution in [0.25, 0.3) is 0 Å². The summed E-state index contributed by atoms with van der Waals surface area (Å²) in [6.45, 7) is 4.04. The van der Waals surface area contributed by atoms with Crippen LogP contribution in [-0.2, 0) is 4.79 Å². The SMILES string of the molecule is CCOc1nc(NC)nc(NC(C)C(=O)N(C)C)n1. The maximum Gasteiger partial charge on any atom is 0.323 e. The van der Waals surface area contributed by atoms with Crippen molar-refractivity contribution >= 4 is 17.8 Å². The van der Waals surface area contributed by atoms with Gasteiger partial charge in [-0.05, 0) is 13.8 Å². The van der Waals surface area contributed by atoms with Gasteiger partial charge in [0.15, 0.2) is 0 Å². The Labute approximate surface area is 112 Å². The molecule has 0 spiro atoms. The largest absolute Gasteiger partial charge is 0.464 e. The summed E-state index contributed by atoms with van der Waals surface area (Å²) in [4.78, 5) is 25.5. The summed E-state index contributed by atoms with van der Waals surface area (Å²) < 4.78 is 5.24. The van der Waals surface area contributed by atoms with E-state index in [0.29, 0.717) is 18.5 Å². The predicted octanol–water partition coefficient (Wildman–Crippen LogP) is 0.201. The summed E-state index contributed by atoms with van der Waals surface area (Å²) in [5.41, 5.74) is 0. The van der Waals surface area contributed by atoms with Gasteiger partial charge in [0.05, 0.1) is 6.61 Å². The third-order valence-electron chi connectivity index (χ3n) is 2.27. The van der Waals surface area contributed by atoms with E-state index < -0.39 is 6.04 Å². The monoisotopic (exact) mass is 268 g/mol. The van der Waals surface area contributed by atoms with Crippen molar-refractivity contribution in [3.8, 4) is 6.01 Å². The molecule has 0 bridgehead atoms. The lowest BCUT2D eigenvalue weighted by molar-refractivity contribution is -0.129. The summed E-state index contributed by atoms with van der Waals surface area (Å²) in [6.07, 6.45) is 0. The average Bonchev–Trinajstić information content (AvgIpc) is 2.37. The van der Waals surface area contributed by atoms with E-state index in [0.717, 1.165) is 0 Å². The number of carbonyl (C=O) groups is 1. The fraction of sp³-hybridized carbons (Fsp3) is 0.636. The van der Waals surface area contributed by atoms with E-state index in [-0.39, 0.29) is 11.9 Å². The Hall–Kier alpha value is -2.12. The second kappa shape index (κ2) is 6.72. The molecule has 1 aromatic rings. The van der Waals surface area contributed by atoms with Crippen LogP contribution in [0.4, 0.5) is 11.9 Å². The van der Waals surface area contributed by atoms with Crippen LogP contribution >= 0.6 is 0 Å². The summed E-state index contributed by atoms with van der Waals surface area (Å²) >= 11 is 0. The Balaban J connectivity index is 2.87. The highest BCUT2D eigenvalue weighted by Gasteiger charge is 2.16. The van der Waals surface area contributed by atoms with Gasteiger partial charge in [-0.2, -0.15) is 15.0 Å². The number of hydrogen-bond donors (Lipinski definition) is 2. The Bertz CT molecular complexity index is 437. The molecular weight excluding hydrogens is 248 g/mol. The highest BCUT2D eigenvalue weighted by molar-refractivity contribution is 5.83. The predicted molar refractivity (Wildman–Crippen MR) is 72.3 cm³/mol. The molecule has 0 saturated carbocycles. The standard InChI is InChI=1S/C11H20N6O2/c1-6-19-11-15-9(12-3)14-10(16-11)13-7(2)8(18)17(4)5/h7H,6H2,1-5H3,(H2,12,13,14,15,16). The lowest BCUT2D eigenvalue weighted by Gasteiger charge is -2.18. The second-order valence-electron chi connectivity index (χ2n) is 4.05. The summed E-state index contributed by atoms with van der Waals surface area (Å²) in [7, 11) is 5.08. The summed E-state index contributed by atoms with van der Waals surface area (Å²) in [6, 6.07) is -0.217. The number of nitrogens with zero attached hydrogens (tertiary/aromatic N) is 4. The lowest BCUT2D eigenvalue weighted by Crippen LogP contribution is -2.37. The van der Waals surface area contributed by atoms with Crippen molar-refractivity contribution in [2.75, 3.05) is 38.4 Å². The first-order valence-electron chi connectivity index (χ1n) is 6.02. The van der Waals surface area contributed by atoms with Crippen molar-refractivity contribution in [1.82, 2.24) is 19.9 Å². The van der Waals surface area contributed by atoms with E-state index in [2.05, 4.69) is 25.6 Å². The topological polar surface area (TPSA) is 92.3 Å². The van der Waals surface area contributed by atoms with Gasteiger partial charge >= 0.3 is 6.01 Å². The Morgan fingerprint density at radius 3 is 2.47 bits per heavy atom. The number of ether oxygens (including phenoxy) is 1. The average molecular weight is 268 g/mol. The maximum absolute atomic E-state index is 11.8. The molecular formula is C11H20N6O2. The molecule has 1 atom stereocenters. The number of amides is 1. The van der Waals surface area contributed by atoms with E-state index >= 15 is 0 Å². The fourth-order valence-electron chi connectivity index (χ4n) is 1.37. The highest BCUT2D eigenvalue weighted by atomic mass is 16.5. The Kier molecular flexibility index (Phi) is 5.28. The van der Waals surface area contributed by atoms with E-state index in [1.165, 1.54) is 4.90 Å². The van der Waals surface area contributed by atoms with E-state index in [9.17, 15) is 4.79 Å². The molecule has 1 rings (SSSR count). The van der Waals surface area contributed by atoms with Crippen molar-refractivity contribution < 1.29 is 9.53 Å². The fourth-order valence-corrected chi connectivity index (χ4v) is 1.37. The molecule has 0 aromatic carbocycles. The van der Waals surface area contributed by atoms with E-state index in [4.69, 9.17) is 4.74 Å². The van der Waals surface area contributed by atoms with Crippen molar-refractivity contribution in [3.05, 3.63) is 0 Å². The molecule has 1 unspecified atom stereocenters. The third-order valence-corrected chi connectivity index (χ3v) is 2.27. The molecule has 0 aliphatic heterocycles. The van der Waals surface area contributed by atoms with Crippen molar-refractivity contribution in [2.24, 2.45) is 0 Å². The van der Waals surface area contributed by atoms with Crippen molar-refractivity contribution in [3.63, 3.8) is 0 Å². The molecule has 0 radical (unpaired) electrons. The molecule has 8 heteroatoms. The number of carbonyl (C=O) groups excluding carboxylic acids is 1. The minimum absolute atomic E-state index is 0.0654. The minimum Gasteiger partial charge on any atom is -0.464 e. The van der Waals surface area contributed by atoms with Crippen LogP contribution in [-0.4, -0.2) is 59.6 Å². The van der Waals surface area contributed by atoms with Crippen molar-refractivity contribution in [2.45, 2.75) is 19.9 Å². The van der Waals surface area contributed by atoms with E-state index in [1.807, 2.05) is 6.92 Å². The minimum atomic E-state index is -0.434. The Morgan fingerprint density at radius 2 is 1.95 bits per heavy atom. The van der Waals surface area contributed by atoms with Crippen molar-refractivity contribution in [1.29, 1.82) is 0 Å². The molecule has 0 aliphatic rings. The highest BCUT2D eigenvalue weighted by Crippen LogP contribution is 2.11. The maximum atomic E-state index is 11.8. The zero-order valence-electron chi connectivity index (χ0n) is 11.9. The Morgan fingerprint density at radius 1 is 1.32 bits per heavy atom. The van der Waals surface area contributed by atoms with Gasteiger partial charge in [-0.3, -0.25) is 4.79 Å². The number of likely N-dealkylation sites (N-methyl/N-ethyl adjacent to an activating group) is 1.